The number of rotatable bonds is 12. The number of nitrogens with two attached hydrogens (primary N) is 2. The number of aliphatic hydroxyl groups is 7. The van der Waals surface area contributed by atoms with Gasteiger partial charge >= 0.3 is 0 Å². The number of nitrogens with one attached hydrogen (secondary N) is 7. The Hall–Kier alpha value is -8.61. The fraction of sp³-hybridized carbons (Fsp3) is 0.411. The summed E-state index contributed by atoms with van der Waals surface area (Å²) in [7, 11) is 0. The molecule has 0 spiro atoms. The molecule has 28 heteroatoms. The van der Waals surface area contributed by atoms with Gasteiger partial charge in [0.05, 0.1) is 44.9 Å². The molecule has 2 saturated heterocycles. The van der Waals surface area contributed by atoms with Gasteiger partial charge in [-0.2, -0.15) is 0 Å². The Bertz CT molecular complexity index is 3380. The van der Waals surface area contributed by atoms with Gasteiger partial charge in [-0.05, 0) is 64.1 Å². The molecular weight excluding hydrogens is 1090 g/mol. The van der Waals surface area contributed by atoms with Crippen LogP contribution in [-0.2, 0) is 46.3 Å². The summed E-state index contributed by atoms with van der Waals surface area (Å²) in [6, 6.07) is 15.4. The summed E-state index contributed by atoms with van der Waals surface area (Å²) < 4.78 is 12.1. The number of oxazole rings is 1. The van der Waals surface area contributed by atoms with Crippen LogP contribution in [0.4, 0.5) is 0 Å². The zero-order valence-corrected chi connectivity index (χ0v) is 45.1. The van der Waals surface area contributed by atoms with Crippen LogP contribution in [0.15, 0.2) is 105 Å². The fourth-order valence-electron chi connectivity index (χ4n) is 11.2. The molecule has 18 N–H and O–H groups in total. The first-order chi connectivity index (χ1) is 40.3. The average Bonchev–Trinajstić information content (AvgIpc) is 3.36. The first-order valence-electron chi connectivity index (χ1n) is 27.2. The van der Waals surface area contributed by atoms with E-state index in [4.69, 9.17) is 25.6 Å². The van der Waals surface area contributed by atoms with Crippen molar-refractivity contribution in [2.24, 2.45) is 21.5 Å². The molecule has 5 aromatic rings. The highest BCUT2D eigenvalue weighted by atomic mass is 16.6. The lowest BCUT2D eigenvalue weighted by Gasteiger charge is -2.46. The van der Waals surface area contributed by atoms with Crippen molar-refractivity contribution in [2.75, 3.05) is 32.8 Å². The topological polar surface area (TPSA) is 443 Å². The third kappa shape index (κ3) is 12.0. The molecule has 4 aliphatic heterocycles. The maximum Gasteiger partial charge on any atom is 0.246 e. The second-order valence-corrected chi connectivity index (χ2v) is 21.3. The molecule has 0 bridgehead atoms. The van der Waals surface area contributed by atoms with E-state index in [1.54, 1.807) is 55.5 Å². The molecule has 0 radical (unpaired) electrons. The van der Waals surface area contributed by atoms with Crippen molar-refractivity contribution < 1.29 is 73.7 Å². The average molecular weight is 1160 g/mol. The molecule has 5 aliphatic rings. The monoisotopic (exact) mass is 1160 g/mol. The van der Waals surface area contributed by atoms with E-state index in [-0.39, 0.29) is 18.9 Å². The number of nitrogens with zero attached hydrogens (tertiary/aromatic N) is 4. The predicted molar refractivity (Wildman–Crippen MR) is 297 cm³/mol. The van der Waals surface area contributed by atoms with Crippen LogP contribution in [0, 0.1) is 0 Å². The highest BCUT2D eigenvalue weighted by Crippen LogP contribution is 2.39. The van der Waals surface area contributed by atoms with E-state index in [0.29, 0.717) is 33.7 Å². The number of aliphatic hydroxyl groups excluding tert-OH is 7. The standard InChI is InChI=1S/C56H65N13O15/c1-24(26-7-3-2-4-8-26)40-50(80)62-33(15-25-11-14-32-37(16-25)83-53(64-32)29-13-12-28-17-27-9-5-6-10-30(27)31(28)18-29)49(79)67-41(43(73)34-19-60-55(57)65-34)52(82)68-42(51(81)63-35(22-70)48(78)59-21-39(72)66-40)44(74)36-20-61-56(58)69(36)54-47(77)46(76)45(75)38(23-71)84-54/h2-14,16,18,24,33-36,38,40-47,54,70-71,73-77H,15,17,19-23H2,1H3,(H2,58,61)(H,59,78)(H,62,80)(H,63,81)(H,66,72)(H,67,79)(H,68,82)(H3,57,60,65)/t24-,33+,34-,35-,36-,38+,40-,41-,42+,43+,44-,45+,46-,47-,54-/m0/s1. The first kappa shape index (κ1) is 58.6. The Balaban J connectivity index is 1.01. The maximum absolute atomic E-state index is 15.2. The summed E-state index contributed by atoms with van der Waals surface area (Å²) in [6.07, 6.45) is -12.8. The summed E-state index contributed by atoms with van der Waals surface area (Å²) >= 11 is 0. The summed E-state index contributed by atoms with van der Waals surface area (Å²) in [6.45, 7) is -1.90. The van der Waals surface area contributed by atoms with Crippen LogP contribution in [0.25, 0.3) is 33.7 Å². The first-order valence-corrected chi connectivity index (χ1v) is 27.2. The predicted octanol–water partition coefficient (Wildman–Crippen LogP) is -5.23. The van der Waals surface area contributed by atoms with Crippen molar-refractivity contribution in [1.29, 1.82) is 0 Å². The lowest BCUT2D eigenvalue weighted by atomic mass is 9.92. The smallest absolute Gasteiger partial charge is 0.246 e. The van der Waals surface area contributed by atoms with Crippen LogP contribution < -0.4 is 48.7 Å². The minimum Gasteiger partial charge on any atom is -0.436 e. The molecule has 1 aliphatic carbocycles. The van der Waals surface area contributed by atoms with E-state index in [0.717, 1.165) is 28.0 Å². The van der Waals surface area contributed by atoms with E-state index in [9.17, 15) is 54.9 Å². The summed E-state index contributed by atoms with van der Waals surface area (Å²) in [4.78, 5) is 101. The van der Waals surface area contributed by atoms with E-state index >= 15 is 9.59 Å². The number of hydrogen-bond acceptors (Lipinski definition) is 22. The highest BCUT2D eigenvalue weighted by molar-refractivity contribution is 5.99. The molecule has 6 amide bonds. The second-order valence-electron chi connectivity index (χ2n) is 21.3. The van der Waals surface area contributed by atoms with Crippen molar-refractivity contribution in [3.8, 4) is 22.6 Å². The molecule has 4 aromatic carbocycles. The molecule has 5 heterocycles. The molecular formula is C56H65N13O15. The molecule has 1 aromatic heterocycles. The second kappa shape index (κ2) is 24.7. The quantitative estimate of drug-likeness (QED) is 0.0544. The Kier molecular flexibility index (Phi) is 17.2. The lowest BCUT2D eigenvalue weighted by molar-refractivity contribution is -0.260. The van der Waals surface area contributed by atoms with Gasteiger partial charge in [-0.15, -0.1) is 0 Å². The van der Waals surface area contributed by atoms with Gasteiger partial charge in [-0.1, -0.05) is 73.7 Å². The van der Waals surface area contributed by atoms with Crippen LogP contribution in [0.3, 0.4) is 0 Å². The molecule has 15 atom stereocenters. The molecule has 84 heavy (non-hydrogen) atoms. The molecule has 2 fully saturated rings. The van der Waals surface area contributed by atoms with Gasteiger partial charge in [-0.25, -0.2) is 4.98 Å². The largest absolute Gasteiger partial charge is 0.436 e. The Labute approximate surface area is 478 Å². The fourth-order valence-corrected chi connectivity index (χ4v) is 11.2. The van der Waals surface area contributed by atoms with Crippen molar-refractivity contribution in [3.63, 3.8) is 0 Å². The van der Waals surface area contributed by atoms with Crippen LogP contribution >= 0.6 is 0 Å². The van der Waals surface area contributed by atoms with Gasteiger partial charge in [0.1, 0.15) is 72.3 Å². The van der Waals surface area contributed by atoms with Gasteiger partial charge in [0.25, 0.3) is 0 Å². The zero-order chi connectivity index (χ0) is 59.7. The number of hydrogen-bond donors (Lipinski definition) is 16. The zero-order valence-electron chi connectivity index (χ0n) is 45.1. The number of ether oxygens (including phenoxy) is 1. The van der Waals surface area contributed by atoms with Crippen LogP contribution in [0.1, 0.15) is 35.1 Å². The van der Waals surface area contributed by atoms with Gasteiger partial charge in [-0.3, -0.25) is 38.8 Å². The number of guanidine groups is 2. The van der Waals surface area contributed by atoms with Gasteiger partial charge in [0.15, 0.2) is 23.7 Å². The highest BCUT2D eigenvalue weighted by Gasteiger charge is 2.52. The summed E-state index contributed by atoms with van der Waals surface area (Å²) in [5.41, 5.74) is 19.1. The van der Waals surface area contributed by atoms with E-state index < -0.39 is 159 Å². The normalized spacial score (nSPS) is 29.0. The SMILES string of the molecule is C[C@@H](c1ccccc1)[C@@H]1NC(=O)CNC(=O)[C@H](CO)NC(=O)[C@@H]([C@@H](O)[C@@H]2CN=C(N)N2[C@H]2O[C@H](CO)[C@@H](O)[C@H](O)[C@@H]2O)NC(=O)[C@H]([C@H](O)[C@@H]2CN=C(N)N2)NC(=O)[C@@H](Cc2ccc3nc(-c4ccc5c(c4)-c4ccccc4C5)oc3c2)NC1=O. The van der Waals surface area contributed by atoms with E-state index in [2.05, 4.69) is 59.3 Å². The third-order valence-electron chi connectivity index (χ3n) is 15.9. The Morgan fingerprint density at radius 1 is 0.667 bits per heavy atom. The number of carbonyl (C=O) groups is 6. The minimum absolute atomic E-state index is 0.141. The van der Waals surface area contributed by atoms with E-state index in [1.165, 1.54) is 5.56 Å². The van der Waals surface area contributed by atoms with Crippen LogP contribution in [0.5, 0.6) is 0 Å². The Morgan fingerprint density at radius 2 is 1.36 bits per heavy atom. The van der Waals surface area contributed by atoms with Crippen molar-refractivity contribution in [3.05, 3.63) is 113 Å². The van der Waals surface area contributed by atoms with Crippen molar-refractivity contribution in [1.82, 2.24) is 47.1 Å². The molecule has 28 nitrogen and oxygen atoms in total. The maximum atomic E-state index is 15.2. The van der Waals surface area contributed by atoms with Gasteiger partial charge < -0.3 is 98.5 Å². The number of benzene rings is 4. The number of aliphatic imine (C=N–C) groups is 2. The molecule has 444 valence electrons. The van der Waals surface area contributed by atoms with E-state index in [1.807, 2.05) is 30.3 Å². The number of amides is 6. The van der Waals surface area contributed by atoms with Gasteiger partial charge in [0, 0.05) is 17.9 Å². The van der Waals surface area contributed by atoms with Crippen LogP contribution in [0.2, 0.25) is 0 Å². The Morgan fingerprint density at radius 3 is 2.10 bits per heavy atom. The number of aromatic nitrogens is 1. The van der Waals surface area contributed by atoms with Crippen LogP contribution in [-0.4, -0.2) is 211 Å². The lowest BCUT2D eigenvalue weighted by Crippen LogP contribution is -2.70. The molecule has 0 saturated carbocycles. The minimum atomic E-state index is -2.27. The van der Waals surface area contributed by atoms with Gasteiger partial charge in [0.2, 0.25) is 41.3 Å². The summed E-state index contributed by atoms with van der Waals surface area (Å²) in [5.74, 6) is -7.87. The number of fused-ring (bicyclic) bond motifs is 4. The summed E-state index contributed by atoms with van der Waals surface area (Å²) in [5, 5.41) is 94.8. The van der Waals surface area contributed by atoms with Crippen molar-refractivity contribution >= 4 is 58.5 Å². The third-order valence-corrected chi connectivity index (χ3v) is 15.9. The number of carbonyl (C=O) groups excluding carboxylic acids is 6. The van der Waals surface area contributed by atoms with Crippen molar-refractivity contribution in [2.45, 2.75) is 111 Å². The molecule has 0 unspecified atom stereocenters. The molecule has 10 rings (SSSR count).